The molecule has 1 aromatic carbocycles. The lowest BCUT2D eigenvalue weighted by molar-refractivity contribution is -0.135. The Hall–Kier alpha value is -1.88. The Morgan fingerprint density at radius 3 is 2.80 bits per heavy atom. The summed E-state index contributed by atoms with van der Waals surface area (Å²) in [6.45, 7) is 4.19. The Bertz CT molecular complexity index is 530. The fourth-order valence-electron chi connectivity index (χ4n) is 2.34. The van der Waals surface area contributed by atoms with Gasteiger partial charge in [0.15, 0.2) is 0 Å². The summed E-state index contributed by atoms with van der Waals surface area (Å²) >= 11 is 0. The molecule has 108 valence electrons. The van der Waals surface area contributed by atoms with Crippen molar-refractivity contribution in [3.8, 4) is 0 Å². The van der Waals surface area contributed by atoms with Crippen molar-refractivity contribution in [2.24, 2.45) is 0 Å². The molecule has 20 heavy (non-hydrogen) atoms. The molecule has 1 atom stereocenters. The number of anilines is 1. The zero-order valence-electron chi connectivity index (χ0n) is 12.1. The lowest BCUT2D eigenvalue weighted by Gasteiger charge is -2.39. The van der Waals surface area contributed by atoms with Gasteiger partial charge in [-0.25, -0.2) is 0 Å². The minimum atomic E-state index is -0.827. The third-order valence-corrected chi connectivity index (χ3v) is 3.67. The van der Waals surface area contributed by atoms with E-state index in [4.69, 9.17) is 4.74 Å². The molecular formula is C15H20N2O3. The van der Waals surface area contributed by atoms with Crippen molar-refractivity contribution in [3.05, 3.63) is 29.8 Å². The summed E-state index contributed by atoms with van der Waals surface area (Å²) in [5, 5.41) is 2.78. The molecule has 0 spiro atoms. The van der Waals surface area contributed by atoms with Crippen LogP contribution in [-0.4, -0.2) is 31.0 Å². The first-order valence-corrected chi connectivity index (χ1v) is 6.71. The van der Waals surface area contributed by atoms with E-state index in [0.29, 0.717) is 13.0 Å². The Morgan fingerprint density at radius 1 is 1.40 bits per heavy atom. The predicted molar refractivity (Wildman–Crippen MR) is 76.3 cm³/mol. The van der Waals surface area contributed by atoms with Crippen LogP contribution in [0, 0.1) is 0 Å². The van der Waals surface area contributed by atoms with E-state index >= 15 is 0 Å². The minimum Gasteiger partial charge on any atom is -0.380 e. The molecule has 0 bridgehead atoms. The topological polar surface area (TPSA) is 58.6 Å². The first-order chi connectivity index (χ1) is 9.50. The fraction of sp³-hybridized carbons (Fsp3) is 0.467. The van der Waals surface area contributed by atoms with Crippen molar-refractivity contribution in [2.45, 2.75) is 32.4 Å². The van der Waals surface area contributed by atoms with Crippen molar-refractivity contribution in [2.75, 3.05) is 18.6 Å². The van der Waals surface area contributed by atoms with Crippen molar-refractivity contribution >= 4 is 17.5 Å². The molecule has 1 saturated heterocycles. The van der Waals surface area contributed by atoms with Crippen molar-refractivity contribution in [1.82, 2.24) is 5.32 Å². The van der Waals surface area contributed by atoms with E-state index in [0.717, 1.165) is 11.3 Å². The standard InChI is InChI=1S/C15H20N2O3/c1-4-15(2)14(19)17(9-13(18)16-15)12-7-5-6-11(8-12)10-20-3/h5-8H,4,9-10H2,1-3H3,(H,16,18). The number of hydrogen-bond acceptors (Lipinski definition) is 3. The number of ether oxygens (including phenoxy) is 1. The molecular weight excluding hydrogens is 256 g/mol. The van der Waals surface area contributed by atoms with Crippen LogP contribution in [0.5, 0.6) is 0 Å². The van der Waals surface area contributed by atoms with Crippen LogP contribution in [0.3, 0.4) is 0 Å². The number of carbonyl (C=O) groups excluding carboxylic acids is 2. The van der Waals surface area contributed by atoms with Gasteiger partial charge in [0.2, 0.25) is 5.91 Å². The van der Waals surface area contributed by atoms with E-state index in [9.17, 15) is 9.59 Å². The summed E-state index contributed by atoms with van der Waals surface area (Å²) in [6, 6.07) is 7.52. The summed E-state index contributed by atoms with van der Waals surface area (Å²) < 4.78 is 5.10. The van der Waals surface area contributed by atoms with E-state index in [1.54, 1.807) is 18.9 Å². The monoisotopic (exact) mass is 276 g/mol. The van der Waals surface area contributed by atoms with Gasteiger partial charge >= 0.3 is 0 Å². The average Bonchev–Trinajstić information content (AvgIpc) is 2.43. The third-order valence-electron chi connectivity index (χ3n) is 3.67. The normalized spacial score (nSPS) is 22.9. The smallest absolute Gasteiger partial charge is 0.252 e. The number of benzene rings is 1. The molecule has 0 radical (unpaired) electrons. The first kappa shape index (κ1) is 14.5. The fourth-order valence-corrected chi connectivity index (χ4v) is 2.34. The van der Waals surface area contributed by atoms with Crippen LogP contribution >= 0.6 is 0 Å². The molecule has 1 unspecified atom stereocenters. The zero-order valence-corrected chi connectivity index (χ0v) is 12.1. The third kappa shape index (κ3) is 2.67. The molecule has 1 aliphatic rings. The maximum Gasteiger partial charge on any atom is 0.252 e. The number of piperazine rings is 1. The number of methoxy groups -OCH3 is 1. The van der Waals surface area contributed by atoms with Crippen LogP contribution in [-0.2, 0) is 20.9 Å². The van der Waals surface area contributed by atoms with Crippen LogP contribution in [0.2, 0.25) is 0 Å². The molecule has 2 rings (SSSR count). The van der Waals surface area contributed by atoms with Gasteiger partial charge in [-0.3, -0.25) is 9.59 Å². The van der Waals surface area contributed by atoms with Crippen molar-refractivity contribution < 1.29 is 14.3 Å². The molecule has 1 aliphatic heterocycles. The van der Waals surface area contributed by atoms with E-state index < -0.39 is 5.54 Å². The van der Waals surface area contributed by atoms with E-state index in [1.807, 2.05) is 31.2 Å². The van der Waals surface area contributed by atoms with E-state index in [1.165, 1.54) is 0 Å². The number of nitrogens with one attached hydrogen (secondary N) is 1. The number of amides is 2. The molecule has 0 aromatic heterocycles. The second-order valence-electron chi connectivity index (χ2n) is 5.23. The summed E-state index contributed by atoms with van der Waals surface area (Å²) in [4.78, 5) is 26.0. The van der Waals surface area contributed by atoms with Gasteiger partial charge < -0.3 is 15.0 Å². The number of carbonyl (C=O) groups is 2. The number of rotatable bonds is 4. The van der Waals surface area contributed by atoms with Gasteiger partial charge in [-0.05, 0) is 31.0 Å². The lowest BCUT2D eigenvalue weighted by Crippen LogP contribution is -2.65. The van der Waals surface area contributed by atoms with Crippen LogP contribution < -0.4 is 10.2 Å². The Labute approximate surface area is 118 Å². The average molecular weight is 276 g/mol. The Morgan fingerprint density at radius 2 is 2.15 bits per heavy atom. The summed E-state index contributed by atoms with van der Waals surface area (Å²) in [5.41, 5.74) is 0.883. The summed E-state index contributed by atoms with van der Waals surface area (Å²) in [7, 11) is 1.63. The van der Waals surface area contributed by atoms with Gasteiger partial charge in [-0.1, -0.05) is 19.1 Å². The number of nitrogens with zero attached hydrogens (tertiary/aromatic N) is 1. The van der Waals surface area contributed by atoms with Gasteiger partial charge in [0.1, 0.15) is 12.1 Å². The number of hydrogen-bond donors (Lipinski definition) is 1. The lowest BCUT2D eigenvalue weighted by atomic mass is 9.94. The molecule has 1 N–H and O–H groups in total. The quantitative estimate of drug-likeness (QED) is 0.906. The minimum absolute atomic E-state index is 0.0604. The highest BCUT2D eigenvalue weighted by Crippen LogP contribution is 2.24. The maximum absolute atomic E-state index is 12.6. The van der Waals surface area contributed by atoms with Crippen LogP contribution in [0.1, 0.15) is 25.8 Å². The predicted octanol–water partition coefficient (Wildman–Crippen LogP) is 1.46. The molecule has 1 aromatic rings. The van der Waals surface area contributed by atoms with Gasteiger partial charge in [0.25, 0.3) is 5.91 Å². The zero-order chi connectivity index (χ0) is 14.8. The summed E-state index contributed by atoms with van der Waals surface area (Å²) in [5.74, 6) is -0.208. The molecule has 5 nitrogen and oxygen atoms in total. The van der Waals surface area contributed by atoms with Crippen molar-refractivity contribution in [3.63, 3.8) is 0 Å². The second-order valence-corrected chi connectivity index (χ2v) is 5.23. The highest BCUT2D eigenvalue weighted by atomic mass is 16.5. The first-order valence-electron chi connectivity index (χ1n) is 6.71. The summed E-state index contributed by atoms with van der Waals surface area (Å²) in [6.07, 6.45) is 0.561. The SMILES string of the molecule is CCC1(C)NC(=O)CN(c2cccc(COC)c2)C1=O. The molecule has 0 saturated carbocycles. The molecule has 5 heteroatoms. The van der Waals surface area contributed by atoms with Gasteiger partial charge in [0.05, 0.1) is 6.61 Å². The van der Waals surface area contributed by atoms with E-state index in [-0.39, 0.29) is 18.4 Å². The largest absolute Gasteiger partial charge is 0.380 e. The van der Waals surface area contributed by atoms with Gasteiger partial charge in [0, 0.05) is 12.8 Å². The van der Waals surface area contributed by atoms with Crippen LogP contribution in [0.15, 0.2) is 24.3 Å². The van der Waals surface area contributed by atoms with Gasteiger partial charge in [-0.15, -0.1) is 0 Å². The molecule has 1 fully saturated rings. The Kier molecular flexibility index (Phi) is 4.09. The molecule has 2 amide bonds. The molecule has 1 heterocycles. The van der Waals surface area contributed by atoms with Crippen molar-refractivity contribution in [1.29, 1.82) is 0 Å². The maximum atomic E-state index is 12.6. The van der Waals surface area contributed by atoms with Gasteiger partial charge in [-0.2, -0.15) is 0 Å². The molecule has 0 aliphatic carbocycles. The second kappa shape index (κ2) is 5.63. The highest BCUT2D eigenvalue weighted by Gasteiger charge is 2.42. The highest BCUT2D eigenvalue weighted by molar-refractivity contribution is 6.08. The van der Waals surface area contributed by atoms with E-state index in [2.05, 4.69) is 5.32 Å². The van der Waals surface area contributed by atoms with Crippen LogP contribution in [0.4, 0.5) is 5.69 Å². The van der Waals surface area contributed by atoms with Crippen LogP contribution in [0.25, 0.3) is 0 Å². The Balaban J connectivity index is 2.33.